The van der Waals surface area contributed by atoms with Gasteiger partial charge in [0.15, 0.2) is 0 Å². The third-order valence-corrected chi connectivity index (χ3v) is 3.47. The number of hydrogen-bond donors (Lipinski definition) is 2. The number of cyclic esters (lactones) is 1. The van der Waals surface area contributed by atoms with Crippen LogP contribution in [0.5, 0.6) is 11.6 Å². The fourth-order valence-corrected chi connectivity index (χ4v) is 2.35. The van der Waals surface area contributed by atoms with Gasteiger partial charge in [0.2, 0.25) is 5.88 Å². The third-order valence-electron chi connectivity index (χ3n) is 3.47. The lowest BCUT2D eigenvalue weighted by Gasteiger charge is -2.13. The van der Waals surface area contributed by atoms with E-state index in [0.29, 0.717) is 17.0 Å². The second-order valence-corrected chi connectivity index (χ2v) is 5.00. The van der Waals surface area contributed by atoms with Crippen LogP contribution in [0.25, 0.3) is 10.8 Å². The van der Waals surface area contributed by atoms with Gasteiger partial charge in [0, 0.05) is 11.6 Å². The van der Waals surface area contributed by atoms with Gasteiger partial charge in [-0.2, -0.15) is 0 Å². The largest absolute Gasteiger partial charge is 0.496 e. The maximum atomic E-state index is 11.5. The molecule has 1 aromatic heterocycles. The van der Waals surface area contributed by atoms with Crippen LogP contribution in [0.1, 0.15) is 10.4 Å². The van der Waals surface area contributed by atoms with Crippen molar-refractivity contribution in [2.45, 2.75) is 6.04 Å². The Morgan fingerprint density at radius 3 is 3.00 bits per heavy atom. The predicted octanol–water partition coefficient (Wildman–Crippen LogP) is 0.829. The average Bonchev–Trinajstić information content (AvgIpc) is 2.96. The Bertz CT molecular complexity index is 777. The van der Waals surface area contributed by atoms with Gasteiger partial charge in [0.25, 0.3) is 5.91 Å². The molecular formula is C15H15N3O5. The van der Waals surface area contributed by atoms with E-state index in [9.17, 15) is 9.59 Å². The number of aromatic nitrogens is 1. The van der Waals surface area contributed by atoms with Crippen LogP contribution in [0.2, 0.25) is 0 Å². The summed E-state index contributed by atoms with van der Waals surface area (Å²) in [5.74, 6) is 0.146. The zero-order valence-electron chi connectivity index (χ0n) is 12.4. The summed E-state index contributed by atoms with van der Waals surface area (Å²) in [4.78, 5) is 26.7. The standard InChI is InChI=1S/C15H15N3O5/c1-21-12-5-10-8(4-11(12)13(16)19)2-3-17-14(10)22-6-9-7-23-15(20)18-9/h2-5,9H,6-7H2,1H3,(H2,16,19)(H,18,20). The van der Waals surface area contributed by atoms with E-state index in [1.807, 2.05) is 0 Å². The van der Waals surface area contributed by atoms with Crippen molar-refractivity contribution in [2.24, 2.45) is 5.73 Å². The van der Waals surface area contributed by atoms with E-state index in [0.717, 1.165) is 5.39 Å². The molecule has 1 saturated heterocycles. The normalized spacial score (nSPS) is 16.7. The Morgan fingerprint density at radius 1 is 1.52 bits per heavy atom. The lowest BCUT2D eigenvalue weighted by atomic mass is 10.1. The molecule has 0 radical (unpaired) electrons. The number of fused-ring (bicyclic) bond motifs is 1. The van der Waals surface area contributed by atoms with Crippen molar-refractivity contribution in [1.29, 1.82) is 0 Å². The van der Waals surface area contributed by atoms with Crippen LogP contribution in [0.4, 0.5) is 4.79 Å². The summed E-state index contributed by atoms with van der Waals surface area (Å²) >= 11 is 0. The quantitative estimate of drug-likeness (QED) is 0.844. The number of ether oxygens (including phenoxy) is 3. The zero-order chi connectivity index (χ0) is 16.4. The van der Waals surface area contributed by atoms with Gasteiger partial charge >= 0.3 is 6.09 Å². The number of carbonyl (C=O) groups is 2. The van der Waals surface area contributed by atoms with Gasteiger partial charge in [-0.3, -0.25) is 4.79 Å². The van der Waals surface area contributed by atoms with E-state index < -0.39 is 12.0 Å². The first-order chi connectivity index (χ1) is 11.1. The van der Waals surface area contributed by atoms with Gasteiger partial charge < -0.3 is 25.3 Å². The second-order valence-electron chi connectivity index (χ2n) is 5.00. The molecule has 2 aromatic rings. The Morgan fingerprint density at radius 2 is 2.35 bits per heavy atom. The van der Waals surface area contributed by atoms with Crippen LogP contribution in [0.3, 0.4) is 0 Å². The van der Waals surface area contributed by atoms with Crippen molar-refractivity contribution in [1.82, 2.24) is 10.3 Å². The van der Waals surface area contributed by atoms with Crippen LogP contribution in [0.15, 0.2) is 24.4 Å². The molecule has 2 heterocycles. The van der Waals surface area contributed by atoms with Crippen LogP contribution in [-0.4, -0.2) is 43.3 Å². The lowest BCUT2D eigenvalue weighted by molar-refractivity contribution is 0.0997. The number of methoxy groups -OCH3 is 1. The SMILES string of the molecule is COc1cc2c(OCC3COC(=O)N3)nccc2cc1C(N)=O. The molecule has 23 heavy (non-hydrogen) atoms. The highest BCUT2D eigenvalue weighted by atomic mass is 16.6. The Labute approximate surface area is 131 Å². The minimum atomic E-state index is -0.575. The van der Waals surface area contributed by atoms with E-state index in [-0.39, 0.29) is 24.8 Å². The molecule has 0 aliphatic carbocycles. The maximum Gasteiger partial charge on any atom is 0.407 e. The van der Waals surface area contributed by atoms with Crippen molar-refractivity contribution in [3.63, 3.8) is 0 Å². The highest BCUT2D eigenvalue weighted by Crippen LogP contribution is 2.30. The Kier molecular flexibility index (Phi) is 3.88. The highest BCUT2D eigenvalue weighted by Gasteiger charge is 2.23. The summed E-state index contributed by atoms with van der Waals surface area (Å²) < 4.78 is 15.7. The first-order valence-corrected chi connectivity index (χ1v) is 6.91. The van der Waals surface area contributed by atoms with Crippen molar-refractivity contribution < 1.29 is 23.8 Å². The molecule has 3 rings (SSSR count). The Balaban J connectivity index is 1.91. The molecular weight excluding hydrogens is 302 g/mol. The van der Waals surface area contributed by atoms with Crippen LogP contribution < -0.4 is 20.5 Å². The third kappa shape index (κ3) is 2.96. The molecule has 1 fully saturated rings. The topological polar surface area (TPSA) is 113 Å². The van der Waals surface area contributed by atoms with Gasteiger partial charge in [0.05, 0.1) is 12.7 Å². The number of rotatable bonds is 5. The van der Waals surface area contributed by atoms with Gasteiger partial charge in [-0.1, -0.05) is 0 Å². The first-order valence-electron chi connectivity index (χ1n) is 6.91. The fraction of sp³-hybridized carbons (Fsp3) is 0.267. The summed E-state index contributed by atoms with van der Waals surface area (Å²) in [6.45, 7) is 0.469. The highest BCUT2D eigenvalue weighted by molar-refractivity contribution is 6.01. The number of amides is 2. The van der Waals surface area contributed by atoms with E-state index in [1.165, 1.54) is 7.11 Å². The molecule has 3 N–H and O–H groups in total. The summed E-state index contributed by atoms with van der Waals surface area (Å²) in [6.07, 6.45) is 1.11. The number of nitrogens with zero attached hydrogens (tertiary/aromatic N) is 1. The average molecular weight is 317 g/mol. The van der Waals surface area contributed by atoms with Crippen molar-refractivity contribution in [2.75, 3.05) is 20.3 Å². The summed E-state index contributed by atoms with van der Waals surface area (Å²) in [5, 5.41) is 4.05. The predicted molar refractivity (Wildman–Crippen MR) is 80.6 cm³/mol. The van der Waals surface area contributed by atoms with Gasteiger partial charge in [-0.25, -0.2) is 9.78 Å². The van der Waals surface area contributed by atoms with Crippen molar-refractivity contribution in [3.8, 4) is 11.6 Å². The molecule has 1 unspecified atom stereocenters. The van der Waals surface area contributed by atoms with Crippen LogP contribution >= 0.6 is 0 Å². The monoisotopic (exact) mass is 317 g/mol. The van der Waals surface area contributed by atoms with Crippen LogP contribution in [0, 0.1) is 0 Å². The molecule has 1 aliphatic heterocycles. The second kappa shape index (κ2) is 5.99. The smallest absolute Gasteiger partial charge is 0.407 e. The summed E-state index contributed by atoms with van der Waals surface area (Å²) in [5.41, 5.74) is 5.64. The molecule has 8 nitrogen and oxygen atoms in total. The Hall–Kier alpha value is -3.03. The molecule has 1 atom stereocenters. The van der Waals surface area contributed by atoms with E-state index in [1.54, 1.807) is 24.4 Å². The lowest BCUT2D eigenvalue weighted by Crippen LogP contribution is -2.32. The molecule has 120 valence electrons. The van der Waals surface area contributed by atoms with Gasteiger partial charge in [-0.15, -0.1) is 0 Å². The number of nitrogens with one attached hydrogen (secondary N) is 1. The van der Waals surface area contributed by atoms with Crippen molar-refractivity contribution >= 4 is 22.8 Å². The fourth-order valence-electron chi connectivity index (χ4n) is 2.35. The number of pyridine rings is 1. The maximum absolute atomic E-state index is 11.5. The molecule has 0 spiro atoms. The number of nitrogens with two attached hydrogens (primary N) is 1. The molecule has 0 bridgehead atoms. The molecule has 1 aliphatic rings. The number of benzene rings is 1. The molecule has 8 heteroatoms. The van der Waals surface area contributed by atoms with Crippen LogP contribution in [-0.2, 0) is 4.74 Å². The molecule has 2 amide bonds. The minimum Gasteiger partial charge on any atom is -0.496 e. The molecule has 1 aromatic carbocycles. The first kappa shape index (κ1) is 14.9. The van der Waals surface area contributed by atoms with E-state index in [4.69, 9.17) is 19.9 Å². The van der Waals surface area contributed by atoms with E-state index >= 15 is 0 Å². The van der Waals surface area contributed by atoms with E-state index in [2.05, 4.69) is 10.3 Å². The number of primary amides is 1. The minimum absolute atomic E-state index is 0.220. The number of hydrogen-bond acceptors (Lipinski definition) is 6. The van der Waals surface area contributed by atoms with Gasteiger partial charge in [0.1, 0.15) is 25.0 Å². The number of alkyl carbamates (subject to hydrolysis) is 1. The summed E-state index contributed by atoms with van der Waals surface area (Å²) in [7, 11) is 1.45. The summed E-state index contributed by atoms with van der Waals surface area (Å²) in [6, 6.07) is 4.80. The zero-order valence-corrected chi connectivity index (χ0v) is 12.4. The molecule has 0 saturated carbocycles. The number of carbonyl (C=O) groups excluding carboxylic acids is 2. The van der Waals surface area contributed by atoms with Gasteiger partial charge in [-0.05, 0) is 23.6 Å². The van der Waals surface area contributed by atoms with Crippen molar-refractivity contribution in [3.05, 3.63) is 30.0 Å².